The average molecular weight is 316 g/mol. The predicted molar refractivity (Wildman–Crippen MR) is 76.9 cm³/mol. The first-order valence-electron chi connectivity index (χ1n) is 5.42. The lowest BCUT2D eigenvalue weighted by Gasteiger charge is -2.10. The highest BCUT2D eigenvalue weighted by atomic mass is 35.5. The minimum absolute atomic E-state index is 0.00924. The number of nitrogens with two attached hydrogens (primary N) is 2. The van der Waals surface area contributed by atoms with Crippen molar-refractivity contribution in [3.05, 3.63) is 47.2 Å². The molecule has 0 unspecified atom stereocenters. The van der Waals surface area contributed by atoms with Gasteiger partial charge in [-0.25, -0.2) is 17.9 Å². The van der Waals surface area contributed by atoms with Crippen molar-refractivity contribution >= 4 is 38.7 Å². The molecule has 0 aliphatic rings. The van der Waals surface area contributed by atoms with Crippen LogP contribution in [0.2, 0.25) is 5.02 Å². The summed E-state index contributed by atoms with van der Waals surface area (Å²) in [7, 11) is -3.88. The van der Waals surface area contributed by atoms with Crippen molar-refractivity contribution in [1.82, 2.24) is 0 Å². The molecule has 0 saturated heterocycles. The summed E-state index contributed by atoms with van der Waals surface area (Å²) in [5, 5.41) is 8.17. The van der Waals surface area contributed by atoms with Crippen LogP contribution in [0.4, 0.5) is 21.5 Å². The van der Waals surface area contributed by atoms with Crippen LogP contribution in [0.15, 0.2) is 41.3 Å². The summed E-state index contributed by atoms with van der Waals surface area (Å²) < 4.78 is 35.6. The Morgan fingerprint density at radius 2 is 1.85 bits per heavy atom. The van der Waals surface area contributed by atoms with Gasteiger partial charge in [0.2, 0.25) is 10.0 Å². The summed E-state index contributed by atoms with van der Waals surface area (Å²) in [4.78, 5) is -0.173. The minimum Gasteiger partial charge on any atom is -0.398 e. The van der Waals surface area contributed by atoms with E-state index in [1.165, 1.54) is 36.4 Å². The van der Waals surface area contributed by atoms with E-state index in [4.69, 9.17) is 22.5 Å². The first kappa shape index (κ1) is 14.6. The van der Waals surface area contributed by atoms with Gasteiger partial charge in [0.05, 0.1) is 16.4 Å². The number of halogens is 2. The van der Waals surface area contributed by atoms with E-state index >= 15 is 0 Å². The third-order valence-corrected chi connectivity index (χ3v) is 3.84. The number of nitrogen functional groups attached to an aromatic ring is 1. The highest BCUT2D eigenvalue weighted by molar-refractivity contribution is 7.89. The Balaban J connectivity index is 2.36. The SMILES string of the molecule is Nc1cc(Nc2cc(F)ccc2Cl)ccc1S(N)(=O)=O. The molecule has 0 amide bonds. The van der Waals surface area contributed by atoms with E-state index in [0.717, 1.165) is 0 Å². The van der Waals surface area contributed by atoms with Gasteiger partial charge in [-0.2, -0.15) is 0 Å². The quantitative estimate of drug-likeness (QED) is 0.758. The Hall–Kier alpha value is -1.83. The number of rotatable bonds is 3. The van der Waals surface area contributed by atoms with Gasteiger partial charge in [0.25, 0.3) is 0 Å². The third kappa shape index (κ3) is 3.19. The predicted octanol–water partition coefficient (Wildman–Crippen LogP) is 2.45. The van der Waals surface area contributed by atoms with E-state index in [-0.39, 0.29) is 10.6 Å². The highest BCUT2D eigenvalue weighted by Crippen LogP contribution is 2.28. The number of primary sulfonamides is 1. The normalized spacial score (nSPS) is 11.3. The molecule has 20 heavy (non-hydrogen) atoms. The Morgan fingerprint density at radius 3 is 2.45 bits per heavy atom. The molecule has 0 atom stereocenters. The molecule has 2 aromatic rings. The summed E-state index contributed by atoms with van der Waals surface area (Å²) in [6, 6.07) is 7.94. The van der Waals surface area contributed by atoms with Crippen molar-refractivity contribution < 1.29 is 12.8 Å². The van der Waals surface area contributed by atoms with Crippen molar-refractivity contribution in [3.63, 3.8) is 0 Å². The molecule has 0 radical (unpaired) electrons. The summed E-state index contributed by atoms with van der Waals surface area (Å²) in [5.41, 5.74) is 6.42. The van der Waals surface area contributed by atoms with E-state index in [1.54, 1.807) is 0 Å². The van der Waals surface area contributed by atoms with E-state index in [9.17, 15) is 12.8 Å². The van der Waals surface area contributed by atoms with Gasteiger partial charge < -0.3 is 11.1 Å². The lowest BCUT2D eigenvalue weighted by Crippen LogP contribution is -2.14. The van der Waals surface area contributed by atoms with Crippen LogP contribution in [0.1, 0.15) is 0 Å². The van der Waals surface area contributed by atoms with Gasteiger partial charge in [0, 0.05) is 5.69 Å². The van der Waals surface area contributed by atoms with Gasteiger partial charge in [-0.05, 0) is 36.4 Å². The molecule has 0 heterocycles. The number of anilines is 3. The van der Waals surface area contributed by atoms with Crippen molar-refractivity contribution in [2.75, 3.05) is 11.1 Å². The van der Waals surface area contributed by atoms with Crippen molar-refractivity contribution in [3.8, 4) is 0 Å². The first-order valence-corrected chi connectivity index (χ1v) is 7.34. The molecule has 2 aromatic carbocycles. The summed E-state index contributed by atoms with van der Waals surface area (Å²) in [5.74, 6) is -0.453. The van der Waals surface area contributed by atoms with Crippen LogP contribution < -0.4 is 16.2 Å². The van der Waals surface area contributed by atoms with Crippen LogP contribution >= 0.6 is 11.6 Å². The molecular formula is C12H11ClFN3O2S. The smallest absolute Gasteiger partial charge is 0.240 e. The van der Waals surface area contributed by atoms with Crippen LogP contribution in [0, 0.1) is 5.82 Å². The zero-order chi connectivity index (χ0) is 14.9. The summed E-state index contributed by atoms with van der Waals surface area (Å²) >= 11 is 5.91. The Bertz CT molecular complexity index is 765. The fraction of sp³-hybridized carbons (Fsp3) is 0. The molecule has 106 valence electrons. The largest absolute Gasteiger partial charge is 0.398 e. The van der Waals surface area contributed by atoms with Crippen molar-refractivity contribution in [2.45, 2.75) is 4.90 Å². The summed E-state index contributed by atoms with van der Waals surface area (Å²) in [6.07, 6.45) is 0. The zero-order valence-corrected chi connectivity index (χ0v) is 11.7. The second-order valence-electron chi connectivity index (χ2n) is 4.05. The van der Waals surface area contributed by atoms with Crippen LogP contribution in [0.25, 0.3) is 0 Å². The molecule has 0 saturated carbocycles. The average Bonchev–Trinajstić information content (AvgIpc) is 2.32. The first-order chi connectivity index (χ1) is 9.27. The van der Waals surface area contributed by atoms with Crippen molar-refractivity contribution in [1.29, 1.82) is 0 Å². The maximum atomic E-state index is 13.1. The topological polar surface area (TPSA) is 98.2 Å². The molecule has 0 bridgehead atoms. The Kier molecular flexibility index (Phi) is 3.85. The van der Waals surface area contributed by atoms with Gasteiger partial charge in [0.15, 0.2) is 0 Å². The van der Waals surface area contributed by atoms with Crippen LogP contribution in [0.5, 0.6) is 0 Å². The zero-order valence-electron chi connectivity index (χ0n) is 10.1. The van der Waals surface area contributed by atoms with E-state index in [0.29, 0.717) is 16.4 Å². The third-order valence-electron chi connectivity index (χ3n) is 2.52. The molecule has 5 nitrogen and oxygen atoms in total. The van der Waals surface area contributed by atoms with Gasteiger partial charge in [0.1, 0.15) is 10.7 Å². The van der Waals surface area contributed by atoms with Gasteiger partial charge in [-0.1, -0.05) is 11.6 Å². The van der Waals surface area contributed by atoms with Crippen LogP contribution in [-0.4, -0.2) is 8.42 Å². The molecule has 0 aliphatic carbocycles. The van der Waals surface area contributed by atoms with Crippen LogP contribution in [0.3, 0.4) is 0 Å². The Labute approximate surface area is 120 Å². The molecule has 8 heteroatoms. The highest BCUT2D eigenvalue weighted by Gasteiger charge is 2.12. The fourth-order valence-corrected chi connectivity index (χ4v) is 2.44. The number of benzene rings is 2. The maximum Gasteiger partial charge on any atom is 0.240 e. The number of sulfonamides is 1. The number of hydrogen-bond donors (Lipinski definition) is 3. The molecule has 0 spiro atoms. The number of hydrogen-bond acceptors (Lipinski definition) is 4. The lowest BCUT2D eigenvalue weighted by molar-refractivity contribution is 0.598. The van der Waals surface area contributed by atoms with Gasteiger partial charge in [-0.15, -0.1) is 0 Å². The minimum atomic E-state index is -3.88. The summed E-state index contributed by atoms with van der Waals surface area (Å²) in [6.45, 7) is 0. The van der Waals surface area contributed by atoms with E-state index in [2.05, 4.69) is 5.32 Å². The second-order valence-corrected chi connectivity index (χ2v) is 5.98. The number of nitrogens with one attached hydrogen (secondary N) is 1. The fourth-order valence-electron chi connectivity index (χ4n) is 1.63. The molecule has 0 aliphatic heterocycles. The van der Waals surface area contributed by atoms with Gasteiger partial charge >= 0.3 is 0 Å². The second kappa shape index (κ2) is 5.28. The van der Waals surface area contributed by atoms with Gasteiger partial charge in [-0.3, -0.25) is 0 Å². The Morgan fingerprint density at radius 1 is 1.15 bits per heavy atom. The maximum absolute atomic E-state index is 13.1. The molecule has 0 aromatic heterocycles. The molecule has 2 rings (SSSR count). The molecule has 5 N–H and O–H groups in total. The van der Waals surface area contributed by atoms with Crippen molar-refractivity contribution in [2.24, 2.45) is 5.14 Å². The van der Waals surface area contributed by atoms with E-state index < -0.39 is 15.8 Å². The van der Waals surface area contributed by atoms with Crippen LogP contribution in [-0.2, 0) is 10.0 Å². The standard InChI is InChI=1S/C12H11ClFN3O2S/c13-9-3-1-7(14)5-11(9)17-8-2-4-12(10(15)6-8)20(16,18)19/h1-6,17H,15H2,(H2,16,18,19). The lowest BCUT2D eigenvalue weighted by atomic mass is 10.2. The monoisotopic (exact) mass is 315 g/mol. The molecular weight excluding hydrogens is 305 g/mol. The van der Waals surface area contributed by atoms with E-state index in [1.807, 2.05) is 0 Å². The molecule has 0 fully saturated rings.